The minimum Gasteiger partial charge on any atom is -0.378 e. The second-order valence-electron chi connectivity index (χ2n) is 8.33. The topological polar surface area (TPSA) is 43.2 Å². The number of fused-ring (bicyclic) bond motifs is 2. The van der Waals surface area contributed by atoms with Crippen LogP contribution in [0.2, 0.25) is 5.02 Å². The van der Waals surface area contributed by atoms with Gasteiger partial charge in [-0.25, -0.2) is 4.98 Å². The Hall–Kier alpha value is -2.93. The fraction of sp³-hybridized carbons (Fsp3) is 0.231. The Bertz CT molecular complexity index is 1500. The predicted molar refractivity (Wildman–Crippen MR) is 137 cm³/mol. The summed E-state index contributed by atoms with van der Waals surface area (Å²) in [5.41, 5.74) is 6.31. The number of aryl methyl sites for hydroxylation is 2. The van der Waals surface area contributed by atoms with Gasteiger partial charge >= 0.3 is 0 Å². The van der Waals surface area contributed by atoms with Crippen LogP contribution in [0.5, 0.6) is 0 Å². The fourth-order valence-electron chi connectivity index (χ4n) is 4.67. The molecule has 1 fully saturated rings. The third kappa shape index (κ3) is 3.50. The summed E-state index contributed by atoms with van der Waals surface area (Å²) in [6, 6.07) is 16.9. The minimum atomic E-state index is 0.653. The van der Waals surface area contributed by atoms with Crippen molar-refractivity contribution in [3.05, 3.63) is 70.5 Å². The second kappa shape index (κ2) is 8.13. The summed E-state index contributed by atoms with van der Waals surface area (Å²) in [7, 11) is 0. The van der Waals surface area contributed by atoms with Crippen molar-refractivity contribution in [3.8, 4) is 16.1 Å². The molecule has 0 saturated carbocycles. The van der Waals surface area contributed by atoms with Crippen molar-refractivity contribution in [1.82, 2.24) is 14.5 Å². The van der Waals surface area contributed by atoms with Crippen LogP contribution in [-0.2, 0) is 4.74 Å². The summed E-state index contributed by atoms with van der Waals surface area (Å²) in [5, 5.41) is 1.66. The van der Waals surface area contributed by atoms with Crippen LogP contribution in [0, 0.1) is 13.8 Å². The molecule has 0 spiro atoms. The summed E-state index contributed by atoms with van der Waals surface area (Å²) in [5.74, 6) is 0.936. The molecule has 2 aromatic carbocycles. The number of halogens is 1. The molecule has 33 heavy (non-hydrogen) atoms. The average Bonchev–Trinajstić information content (AvgIpc) is 3.41. The summed E-state index contributed by atoms with van der Waals surface area (Å²) < 4.78 is 7.85. The molecule has 7 heteroatoms. The van der Waals surface area contributed by atoms with Gasteiger partial charge in [-0.1, -0.05) is 23.7 Å². The molecule has 3 aromatic heterocycles. The summed E-state index contributed by atoms with van der Waals surface area (Å²) in [6.45, 7) is 7.47. The van der Waals surface area contributed by atoms with Crippen LogP contribution in [-0.4, -0.2) is 40.8 Å². The first kappa shape index (κ1) is 20.7. The lowest BCUT2D eigenvalue weighted by atomic mass is 10.1. The highest BCUT2D eigenvalue weighted by molar-refractivity contribution is 7.15. The molecular formula is C26H23ClN4OS. The molecule has 1 saturated heterocycles. The van der Waals surface area contributed by atoms with Crippen molar-refractivity contribution in [1.29, 1.82) is 0 Å². The van der Waals surface area contributed by atoms with Crippen molar-refractivity contribution < 1.29 is 4.74 Å². The van der Waals surface area contributed by atoms with E-state index in [-0.39, 0.29) is 0 Å². The van der Waals surface area contributed by atoms with E-state index in [1.165, 1.54) is 21.0 Å². The zero-order chi connectivity index (χ0) is 22.5. The quantitative estimate of drug-likeness (QED) is 0.303. The number of ether oxygens (including phenoxy) is 1. The zero-order valence-electron chi connectivity index (χ0n) is 18.5. The molecule has 1 aliphatic rings. The van der Waals surface area contributed by atoms with Crippen LogP contribution in [0.4, 0.5) is 5.69 Å². The lowest BCUT2D eigenvalue weighted by Gasteiger charge is -2.29. The van der Waals surface area contributed by atoms with Gasteiger partial charge in [0.25, 0.3) is 0 Å². The van der Waals surface area contributed by atoms with E-state index in [0.29, 0.717) is 5.02 Å². The molecule has 0 bridgehead atoms. The van der Waals surface area contributed by atoms with E-state index >= 15 is 0 Å². The molecule has 0 N–H and O–H groups in total. The third-order valence-corrected chi connectivity index (χ3v) is 7.57. The normalized spacial score (nSPS) is 14.5. The Morgan fingerprint density at radius 1 is 1.00 bits per heavy atom. The Kier molecular flexibility index (Phi) is 5.09. The highest BCUT2D eigenvalue weighted by Gasteiger charge is 2.21. The summed E-state index contributed by atoms with van der Waals surface area (Å²) in [4.78, 5) is 14.5. The largest absolute Gasteiger partial charge is 0.378 e. The molecule has 5 nitrogen and oxygen atoms in total. The smallest absolute Gasteiger partial charge is 0.111 e. The number of hydrogen-bond acceptors (Lipinski definition) is 5. The molecule has 0 unspecified atom stereocenters. The standard InChI is InChI=1S/C26H23ClN4OS/c1-16-6-7-24(33-16)20-14-18(30-10-12-32-13-11-30)15-23-26(20)29-17(2)31(23)22-8-9-28-25-19(22)4-3-5-21(25)27/h3-9,14-15H,10-13H2,1-2H3. The first-order valence-corrected chi connectivity index (χ1v) is 12.3. The van der Waals surface area contributed by atoms with Crippen molar-refractivity contribution in [3.63, 3.8) is 0 Å². The van der Waals surface area contributed by atoms with Gasteiger partial charge in [-0.15, -0.1) is 11.3 Å². The minimum absolute atomic E-state index is 0.653. The van der Waals surface area contributed by atoms with Gasteiger partial charge in [0.1, 0.15) is 5.82 Å². The summed E-state index contributed by atoms with van der Waals surface area (Å²) in [6.07, 6.45) is 1.82. The zero-order valence-corrected chi connectivity index (χ0v) is 20.1. The van der Waals surface area contributed by atoms with Crippen LogP contribution in [0.3, 0.4) is 0 Å². The van der Waals surface area contributed by atoms with Crippen molar-refractivity contribution in [2.75, 3.05) is 31.2 Å². The van der Waals surface area contributed by atoms with E-state index in [1.54, 1.807) is 11.3 Å². The van der Waals surface area contributed by atoms with Crippen molar-refractivity contribution in [2.45, 2.75) is 13.8 Å². The van der Waals surface area contributed by atoms with E-state index in [2.05, 4.69) is 58.6 Å². The van der Waals surface area contributed by atoms with Gasteiger partial charge in [0.2, 0.25) is 0 Å². The number of rotatable bonds is 3. The molecular weight excluding hydrogens is 452 g/mol. The maximum Gasteiger partial charge on any atom is 0.111 e. The van der Waals surface area contributed by atoms with Gasteiger partial charge in [-0.3, -0.25) is 9.55 Å². The van der Waals surface area contributed by atoms with Crippen LogP contribution in [0.1, 0.15) is 10.7 Å². The lowest BCUT2D eigenvalue weighted by Crippen LogP contribution is -2.36. The first-order valence-electron chi connectivity index (χ1n) is 11.1. The highest BCUT2D eigenvalue weighted by Crippen LogP contribution is 2.39. The Morgan fingerprint density at radius 3 is 2.64 bits per heavy atom. The number of benzene rings is 2. The number of morpholine rings is 1. The molecule has 4 heterocycles. The van der Waals surface area contributed by atoms with Crippen molar-refractivity contribution >= 4 is 50.6 Å². The maximum absolute atomic E-state index is 6.48. The van der Waals surface area contributed by atoms with Crippen LogP contribution < -0.4 is 4.90 Å². The van der Waals surface area contributed by atoms with Crippen molar-refractivity contribution in [2.24, 2.45) is 0 Å². The van der Waals surface area contributed by atoms with E-state index in [4.69, 9.17) is 21.3 Å². The molecule has 0 atom stereocenters. The Morgan fingerprint density at radius 2 is 1.85 bits per heavy atom. The molecule has 166 valence electrons. The maximum atomic E-state index is 6.48. The number of nitrogens with zero attached hydrogens (tertiary/aromatic N) is 4. The van der Waals surface area contributed by atoms with Gasteiger partial charge in [-0.2, -0.15) is 0 Å². The number of pyridine rings is 1. The van der Waals surface area contributed by atoms with E-state index in [9.17, 15) is 0 Å². The van der Waals surface area contributed by atoms with Gasteiger partial charge in [-0.05, 0) is 50.2 Å². The van der Waals surface area contributed by atoms with E-state index in [0.717, 1.165) is 59.8 Å². The number of imidazole rings is 1. The van der Waals surface area contributed by atoms with Gasteiger partial charge in [0.15, 0.2) is 0 Å². The van der Waals surface area contributed by atoms with Crippen LogP contribution >= 0.6 is 22.9 Å². The Balaban J connectivity index is 1.66. The predicted octanol–water partition coefficient (Wildman–Crippen LogP) is 6.41. The van der Waals surface area contributed by atoms with E-state index < -0.39 is 0 Å². The number of thiophene rings is 1. The summed E-state index contributed by atoms with van der Waals surface area (Å²) >= 11 is 8.28. The Labute approximate surface area is 201 Å². The monoisotopic (exact) mass is 474 g/mol. The van der Waals surface area contributed by atoms with Crippen LogP contribution in [0.25, 0.3) is 38.1 Å². The SMILES string of the molecule is Cc1ccc(-c2cc(N3CCOCC3)cc3c2nc(C)n3-c2ccnc3c(Cl)cccc23)s1. The number of hydrogen-bond donors (Lipinski definition) is 0. The van der Waals surface area contributed by atoms with Gasteiger partial charge in [0.05, 0.1) is 40.5 Å². The van der Waals surface area contributed by atoms with Crippen LogP contribution in [0.15, 0.2) is 54.7 Å². The molecule has 0 aliphatic carbocycles. The molecule has 1 aliphatic heterocycles. The molecule has 0 amide bonds. The second-order valence-corrected chi connectivity index (χ2v) is 10.0. The number of anilines is 1. The molecule has 0 radical (unpaired) electrons. The fourth-order valence-corrected chi connectivity index (χ4v) is 5.78. The lowest BCUT2D eigenvalue weighted by molar-refractivity contribution is 0.122. The van der Waals surface area contributed by atoms with Gasteiger partial charge in [0, 0.05) is 45.7 Å². The number of aromatic nitrogens is 3. The molecule has 5 aromatic rings. The third-order valence-electron chi connectivity index (χ3n) is 6.23. The first-order chi connectivity index (χ1) is 16.1. The highest BCUT2D eigenvalue weighted by atomic mass is 35.5. The average molecular weight is 475 g/mol. The van der Waals surface area contributed by atoms with Gasteiger partial charge < -0.3 is 9.64 Å². The van der Waals surface area contributed by atoms with E-state index in [1.807, 2.05) is 24.4 Å². The number of para-hydroxylation sites is 1. The molecule has 6 rings (SSSR count).